The van der Waals surface area contributed by atoms with E-state index in [1.807, 2.05) is 17.0 Å². The largest absolute Gasteiger partial charge is 0.510 e. The van der Waals surface area contributed by atoms with Gasteiger partial charge in [-0.1, -0.05) is 24.3 Å². The van der Waals surface area contributed by atoms with Crippen LogP contribution in [0.4, 0.5) is 16.4 Å². The van der Waals surface area contributed by atoms with Crippen molar-refractivity contribution in [3.63, 3.8) is 0 Å². The summed E-state index contributed by atoms with van der Waals surface area (Å²) in [6.45, 7) is 3.39. The van der Waals surface area contributed by atoms with Crippen LogP contribution in [0.25, 0.3) is 0 Å². The molecule has 2 saturated heterocycles. The van der Waals surface area contributed by atoms with Crippen LogP contribution in [0, 0.1) is 5.41 Å². The molecule has 0 radical (unpaired) electrons. The summed E-state index contributed by atoms with van der Waals surface area (Å²) in [5.74, 6) is 0.593. The van der Waals surface area contributed by atoms with Crippen molar-refractivity contribution in [3.05, 3.63) is 46.2 Å². The monoisotopic (exact) mass is 655 g/mol. The fourth-order valence-electron chi connectivity index (χ4n) is 5.69. The van der Waals surface area contributed by atoms with E-state index in [0.717, 1.165) is 19.1 Å². The summed E-state index contributed by atoms with van der Waals surface area (Å²) in [4.78, 5) is 31.9. The number of hydrogen-bond donors (Lipinski definition) is 5. The van der Waals surface area contributed by atoms with Gasteiger partial charge in [0.15, 0.2) is 6.23 Å². The minimum Gasteiger partial charge on any atom is -0.432 e. The minimum absolute atomic E-state index is 0.0131. The van der Waals surface area contributed by atoms with Crippen molar-refractivity contribution in [1.29, 1.82) is 5.41 Å². The molecule has 0 saturated carbocycles. The number of carbonyl (C=O) groups is 1. The van der Waals surface area contributed by atoms with Crippen LogP contribution in [0.3, 0.4) is 0 Å². The summed E-state index contributed by atoms with van der Waals surface area (Å²) in [5.41, 5.74) is 3.02. The van der Waals surface area contributed by atoms with Crippen LogP contribution in [0.5, 0.6) is 0 Å². The second-order valence-corrected chi connectivity index (χ2v) is 13.3. The van der Waals surface area contributed by atoms with E-state index in [2.05, 4.69) is 36.7 Å². The van der Waals surface area contributed by atoms with Crippen molar-refractivity contribution in [2.24, 2.45) is 0 Å². The molecule has 2 fully saturated rings. The molecule has 240 valence electrons. The Morgan fingerprint density at radius 3 is 2.77 bits per heavy atom. The Bertz CT molecular complexity index is 1430. The number of benzene rings is 1. The van der Waals surface area contributed by atoms with E-state index in [4.69, 9.17) is 31.2 Å². The third-order valence-electron chi connectivity index (χ3n) is 7.73. The van der Waals surface area contributed by atoms with Gasteiger partial charge in [-0.25, -0.2) is 4.79 Å². The van der Waals surface area contributed by atoms with Gasteiger partial charge in [-0.3, -0.25) is 9.09 Å². The third kappa shape index (κ3) is 7.00. The van der Waals surface area contributed by atoms with Gasteiger partial charge in [0.2, 0.25) is 12.1 Å². The molecule has 1 unspecified atom stereocenters. The lowest BCUT2D eigenvalue weighted by Crippen LogP contribution is -2.59. The fraction of sp³-hybridized carbons (Fsp3) is 0.556. The molecule has 2 aliphatic heterocycles. The van der Waals surface area contributed by atoms with Crippen LogP contribution in [0.15, 0.2) is 24.3 Å². The summed E-state index contributed by atoms with van der Waals surface area (Å²) in [5, 5.41) is 32.1. The molecule has 5 rings (SSSR count). The molecule has 1 spiro atoms. The smallest absolute Gasteiger partial charge is 0.432 e. The maximum Gasteiger partial charge on any atom is 0.510 e. The summed E-state index contributed by atoms with van der Waals surface area (Å²) in [7, 11) is -4.33. The van der Waals surface area contributed by atoms with Crippen LogP contribution in [0.1, 0.15) is 37.0 Å². The summed E-state index contributed by atoms with van der Waals surface area (Å²) >= 11 is 6.27. The number of aliphatic hydroxyl groups excluding tert-OH is 2. The van der Waals surface area contributed by atoms with Crippen LogP contribution < -0.4 is 10.2 Å². The number of fused-ring (bicyclic) bond motifs is 2. The first-order valence-electron chi connectivity index (χ1n) is 14.0. The quantitative estimate of drug-likeness (QED) is 0.0732. The Balaban J connectivity index is 1.17. The Morgan fingerprint density at radius 1 is 1.30 bits per heavy atom. The number of hydrogen-bond acceptors (Lipinski definition) is 14. The number of anilines is 2. The van der Waals surface area contributed by atoms with Crippen molar-refractivity contribution in [2.75, 3.05) is 43.1 Å². The van der Waals surface area contributed by atoms with Gasteiger partial charge >= 0.3 is 13.8 Å². The highest BCUT2D eigenvalue weighted by molar-refractivity contribution is 7.52. The zero-order valence-electron chi connectivity index (χ0n) is 24.1. The van der Waals surface area contributed by atoms with E-state index in [-0.39, 0.29) is 23.1 Å². The number of aliphatic hydroxyl groups is 2. The topological polar surface area (TPSA) is 206 Å². The van der Waals surface area contributed by atoms with Gasteiger partial charge in [-0.05, 0) is 49.4 Å². The lowest BCUT2D eigenvalue weighted by molar-refractivity contribution is -0.0373. The summed E-state index contributed by atoms with van der Waals surface area (Å²) < 4.78 is 37.0. The van der Waals surface area contributed by atoms with Gasteiger partial charge in [-0.2, -0.15) is 9.97 Å². The van der Waals surface area contributed by atoms with Gasteiger partial charge in [0.1, 0.15) is 36.3 Å². The van der Waals surface area contributed by atoms with Crippen LogP contribution in [0.2, 0.25) is 5.28 Å². The number of nitrogens with zero attached hydrogens (tertiary/aromatic N) is 3. The lowest BCUT2D eigenvalue weighted by atomic mass is 9.74. The van der Waals surface area contributed by atoms with Gasteiger partial charge in [0.25, 0.3) is 0 Å². The Hall–Kier alpha value is -2.88. The first kappa shape index (κ1) is 32.5. The van der Waals surface area contributed by atoms with E-state index in [1.165, 1.54) is 11.1 Å². The van der Waals surface area contributed by atoms with Crippen LogP contribution >= 0.6 is 19.2 Å². The maximum absolute atomic E-state index is 12.2. The van der Waals surface area contributed by atoms with E-state index in [9.17, 15) is 24.5 Å². The zero-order valence-corrected chi connectivity index (χ0v) is 25.7. The number of aromatic nitrogens is 2. The van der Waals surface area contributed by atoms with Crippen molar-refractivity contribution >= 4 is 43.2 Å². The Kier molecular flexibility index (Phi) is 9.78. The maximum atomic E-state index is 12.2. The molecule has 1 aromatic heterocycles. The number of nitrogens with one attached hydrogen (secondary N) is 2. The number of carbonyl (C=O) groups excluding carboxylic acids is 1. The highest BCUT2D eigenvalue weighted by Crippen LogP contribution is 2.47. The molecule has 0 bridgehead atoms. The molecule has 44 heavy (non-hydrogen) atoms. The van der Waals surface area contributed by atoms with E-state index in [0.29, 0.717) is 24.5 Å². The van der Waals surface area contributed by atoms with E-state index < -0.39 is 57.5 Å². The number of rotatable bonds is 12. The minimum atomic E-state index is -4.33. The molecular weight excluding hydrogens is 621 g/mol. The SMILES string of the molecule is CC(C)OC(=O)OCOP(=O)(O)COC[C@H]1O[C@@H](Nc2nc(Cl)nc(N3CC4(CCc5ccccc54)C3)c2C=N)[C@H](O)[C@@H]1O. The molecule has 1 aliphatic carbocycles. The molecule has 5 atom stereocenters. The normalized spacial score (nSPS) is 24.9. The molecule has 2 aromatic rings. The second-order valence-electron chi connectivity index (χ2n) is 11.2. The van der Waals surface area contributed by atoms with Crippen molar-refractivity contribution in [1.82, 2.24) is 9.97 Å². The van der Waals surface area contributed by atoms with Crippen LogP contribution in [-0.4, -0.2) is 101 Å². The van der Waals surface area contributed by atoms with Gasteiger partial charge in [0.05, 0.1) is 18.3 Å². The zero-order chi connectivity index (χ0) is 31.6. The molecule has 3 aliphatic rings. The van der Waals surface area contributed by atoms with Gasteiger partial charge < -0.3 is 49.7 Å². The van der Waals surface area contributed by atoms with Gasteiger partial charge in [-0.15, -0.1) is 0 Å². The molecular formula is C27H35ClN5O10P. The van der Waals surface area contributed by atoms with Crippen molar-refractivity contribution in [2.45, 2.75) is 62.7 Å². The fourth-order valence-corrected chi connectivity index (χ4v) is 6.48. The Morgan fingerprint density at radius 2 is 2.05 bits per heavy atom. The summed E-state index contributed by atoms with van der Waals surface area (Å²) in [6.07, 6.45) is -4.34. The first-order valence-corrected chi connectivity index (χ1v) is 16.1. The third-order valence-corrected chi connectivity index (χ3v) is 8.92. The molecule has 0 amide bonds. The summed E-state index contributed by atoms with van der Waals surface area (Å²) in [6, 6.07) is 8.40. The Labute approximate surface area is 258 Å². The standard InChI is InChI=1S/C27H35ClN5O10P/c1-15(2)42-26(36)40-13-41-44(37,38)14-39-10-19-20(34)21(35)24(43-19)30-22-17(9-29)23(32-25(28)31-22)33-11-27(12-33)8-7-16-5-3-4-6-18(16)27/h3-6,9,15,19-21,24,29,34-35H,7-8,10-14H2,1-2H3,(H,37,38)(H,30,31,32)/t19-,20-,21-,24-/m1/s1. The predicted octanol–water partition coefficient (Wildman–Crippen LogP) is 2.39. The van der Waals surface area contributed by atoms with Crippen molar-refractivity contribution < 1.29 is 47.9 Å². The first-order chi connectivity index (χ1) is 20.9. The molecule has 17 heteroatoms. The number of ether oxygens (including phenoxy) is 4. The number of aryl methyl sites for hydroxylation is 1. The van der Waals surface area contributed by atoms with E-state index in [1.54, 1.807) is 13.8 Å². The number of halogens is 1. The lowest BCUT2D eigenvalue weighted by Gasteiger charge is -2.50. The van der Waals surface area contributed by atoms with E-state index >= 15 is 0 Å². The van der Waals surface area contributed by atoms with Crippen LogP contribution in [-0.2, 0) is 39.9 Å². The average molecular weight is 656 g/mol. The second kappa shape index (κ2) is 13.2. The molecule has 3 heterocycles. The average Bonchev–Trinajstić information content (AvgIpc) is 3.45. The highest BCUT2D eigenvalue weighted by atomic mass is 35.5. The van der Waals surface area contributed by atoms with Crippen molar-refractivity contribution in [3.8, 4) is 0 Å². The molecule has 1 aromatic carbocycles. The molecule has 15 nitrogen and oxygen atoms in total. The molecule has 5 N–H and O–H groups in total. The highest BCUT2D eigenvalue weighted by Gasteiger charge is 2.49. The predicted molar refractivity (Wildman–Crippen MR) is 157 cm³/mol. The van der Waals surface area contributed by atoms with Gasteiger partial charge in [0, 0.05) is 24.7 Å².